The molecule has 0 saturated heterocycles. The van der Waals surface area contributed by atoms with Crippen molar-refractivity contribution in [3.8, 4) is 0 Å². The smallest absolute Gasteiger partial charge is 0.324 e. The van der Waals surface area contributed by atoms with Crippen LogP contribution in [0, 0.1) is 16.7 Å². The largest absolute Gasteiger partial charge is 0.459 e. The van der Waals surface area contributed by atoms with Gasteiger partial charge >= 0.3 is 23.9 Å². The second-order valence-electron chi connectivity index (χ2n) is 14.5. The monoisotopic (exact) mass is 667 g/mol. The van der Waals surface area contributed by atoms with Crippen LogP contribution < -0.4 is 0 Å². The fourth-order valence-corrected chi connectivity index (χ4v) is 8.20. The number of hydrogen-bond donors (Lipinski definition) is 1. The van der Waals surface area contributed by atoms with Crippen LogP contribution >= 0.6 is 0 Å². The van der Waals surface area contributed by atoms with E-state index in [1.54, 1.807) is 46.7 Å². The van der Waals surface area contributed by atoms with Crippen LogP contribution in [0.5, 0.6) is 0 Å². The zero-order chi connectivity index (χ0) is 35.9. The molecule has 0 aliphatic heterocycles. The van der Waals surface area contributed by atoms with Crippen LogP contribution in [0.2, 0.25) is 0 Å². The van der Waals surface area contributed by atoms with Crippen LogP contribution in [0.4, 0.5) is 0 Å². The molecule has 0 spiro atoms. The van der Waals surface area contributed by atoms with Crippen LogP contribution in [0.3, 0.4) is 0 Å². The Hall–Kier alpha value is -3.83. The average molecular weight is 668 g/mol. The molecule has 4 rings (SSSR count). The Labute approximate surface area is 282 Å². The van der Waals surface area contributed by atoms with Crippen LogP contribution in [0.1, 0.15) is 73.3 Å². The Morgan fingerprint density at radius 2 is 1.50 bits per heavy atom. The summed E-state index contributed by atoms with van der Waals surface area (Å²) < 4.78 is 24.1. The third-order valence-corrected chi connectivity index (χ3v) is 10.8. The summed E-state index contributed by atoms with van der Waals surface area (Å²) in [5.41, 5.74) is -2.73. The maximum absolute atomic E-state index is 13.8. The molecule has 0 heterocycles. The number of fused-ring (bicyclic) bond motifs is 3. The Morgan fingerprint density at radius 1 is 0.938 bits per heavy atom. The second-order valence-corrected chi connectivity index (χ2v) is 14.5. The van der Waals surface area contributed by atoms with Gasteiger partial charge in [0, 0.05) is 43.9 Å². The first-order chi connectivity index (χ1) is 22.3. The molecule has 2 fully saturated rings. The molecule has 1 aromatic rings. The van der Waals surface area contributed by atoms with E-state index in [1.807, 2.05) is 30.3 Å². The molecule has 8 atom stereocenters. The van der Waals surface area contributed by atoms with Crippen molar-refractivity contribution in [2.24, 2.45) is 16.7 Å². The lowest BCUT2D eigenvalue weighted by Crippen LogP contribution is -2.71. The Balaban J connectivity index is 1.90. The van der Waals surface area contributed by atoms with Crippen molar-refractivity contribution in [2.75, 3.05) is 14.1 Å². The van der Waals surface area contributed by atoms with Crippen LogP contribution in [0.15, 0.2) is 53.6 Å². The Kier molecular flexibility index (Phi) is 10.5. The van der Waals surface area contributed by atoms with E-state index in [2.05, 4.69) is 6.58 Å². The van der Waals surface area contributed by atoms with Gasteiger partial charge in [-0.1, -0.05) is 57.7 Å². The molecule has 48 heavy (non-hydrogen) atoms. The Morgan fingerprint density at radius 3 is 2.04 bits per heavy atom. The fourth-order valence-electron chi connectivity index (χ4n) is 8.20. The number of benzene rings is 1. The molecule has 1 aromatic carbocycles. The fraction of sp³-hybridized carbons (Fsp3) is 0.595. The first kappa shape index (κ1) is 37.0. The van der Waals surface area contributed by atoms with Gasteiger partial charge in [0.2, 0.25) is 0 Å². The number of allylic oxidation sites excluding steroid dienone is 1. The minimum Gasteiger partial charge on any atom is -0.459 e. The summed E-state index contributed by atoms with van der Waals surface area (Å²) in [4.78, 5) is 67.5. The number of likely N-dealkylation sites (N-methyl/N-ethyl adjacent to an activating group) is 1. The number of ketones is 1. The van der Waals surface area contributed by atoms with Gasteiger partial charge in [-0.05, 0) is 62.6 Å². The maximum atomic E-state index is 13.8. The maximum Gasteiger partial charge on any atom is 0.324 e. The molecule has 3 aliphatic carbocycles. The van der Waals surface area contributed by atoms with Gasteiger partial charge in [-0.15, -0.1) is 0 Å². The molecule has 2 bridgehead atoms. The lowest BCUT2D eigenvalue weighted by Gasteiger charge is -2.62. The number of ether oxygens (including phenoxy) is 4. The van der Waals surface area contributed by atoms with Crippen molar-refractivity contribution in [1.82, 2.24) is 4.90 Å². The highest BCUT2D eigenvalue weighted by atomic mass is 16.6. The summed E-state index contributed by atoms with van der Waals surface area (Å²) in [5, 5.41) is 12.8. The highest BCUT2D eigenvalue weighted by molar-refractivity contribution is 5.98. The van der Waals surface area contributed by atoms with Crippen molar-refractivity contribution in [1.29, 1.82) is 0 Å². The summed E-state index contributed by atoms with van der Waals surface area (Å²) in [7, 11) is 3.58. The normalized spacial score (nSPS) is 31.9. The molecule has 0 amide bonds. The minimum absolute atomic E-state index is 0.226. The number of nitrogens with zero attached hydrogens (tertiary/aromatic N) is 1. The van der Waals surface area contributed by atoms with Crippen LogP contribution in [-0.4, -0.2) is 89.8 Å². The lowest BCUT2D eigenvalue weighted by molar-refractivity contribution is -0.235. The highest BCUT2D eigenvalue weighted by Gasteiger charge is 2.69. The summed E-state index contributed by atoms with van der Waals surface area (Å²) in [5.74, 6) is -4.00. The SMILES string of the molecule is C=C1[C@@H](OC(=O)C(Cc2ccccc2)N(C)C)CC[C@@]2(C)[C@@H](OC(C)=O)[C@H](OC(C)=O)C3=C(C)C(=O)C[C@@](O)([C@@H](OC(C)=O)[C@H]12)C3(C)C. The van der Waals surface area contributed by atoms with E-state index in [0.29, 0.717) is 12.0 Å². The lowest BCUT2D eigenvalue weighted by atomic mass is 9.47. The molecule has 1 N–H and O–H groups in total. The summed E-state index contributed by atoms with van der Waals surface area (Å²) in [6, 6.07) is 8.92. The number of rotatable bonds is 8. The van der Waals surface area contributed by atoms with Crippen molar-refractivity contribution in [2.45, 2.75) is 110 Å². The molecule has 1 unspecified atom stereocenters. The van der Waals surface area contributed by atoms with E-state index in [9.17, 15) is 29.1 Å². The van der Waals surface area contributed by atoms with Crippen molar-refractivity contribution in [3.63, 3.8) is 0 Å². The topological polar surface area (TPSA) is 146 Å². The molecule has 262 valence electrons. The van der Waals surface area contributed by atoms with Gasteiger partial charge in [0.1, 0.15) is 30.0 Å². The predicted octanol–water partition coefficient (Wildman–Crippen LogP) is 3.90. The number of Topliss-reactive ketones (excluding diaryl/α,β-unsaturated/α-hetero) is 1. The van der Waals surface area contributed by atoms with Gasteiger partial charge in [0.15, 0.2) is 11.9 Å². The van der Waals surface area contributed by atoms with Crippen LogP contribution in [0.25, 0.3) is 0 Å². The molecule has 11 nitrogen and oxygen atoms in total. The third-order valence-electron chi connectivity index (χ3n) is 10.8. The summed E-state index contributed by atoms with van der Waals surface area (Å²) in [6.45, 7) is 14.8. The number of carbonyl (C=O) groups is 5. The van der Waals surface area contributed by atoms with Crippen LogP contribution in [-0.2, 0) is 49.3 Å². The van der Waals surface area contributed by atoms with E-state index in [0.717, 1.165) is 5.56 Å². The van der Waals surface area contributed by atoms with Crippen molar-refractivity contribution >= 4 is 29.7 Å². The molecule has 0 radical (unpaired) electrons. The quantitative estimate of drug-likeness (QED) is 0.245. The van der Waals surface area contributed by atoms with Gasteiger partial charge in [-0.3, -0.25) is 28.9 Å². The molecule has 3 aliphatic rings. The van der Waals surface area contributed by atoms with Gasteiger partial charge in [0.25, 0.3) is 0 Å². The van der Waals surface area contributed by atoms with Gasteiger partial charge in [0.05, 0.1) is 0 Å². The summed E-state index contributed by atoms with van der Waals surface area (Å²) >= 11 is 0. The van der Waals surface area contributed by atoms with E-state index >= 15 is 0 Å². The van der Waals surface area contributed by atoms with Crippen molar-refractivity contribution in [3.05, 3.63) is 59.2 Å². The highest BCUT2D eigenvalue weighted by Crippen LogP contribution is 2.62. The standard InChI is InChI=1S/C37H49NO10/c1-20-27(42)19-37(44)32(46-23(4)40)30-21(2)28(48-34(43)26(38(9)10)18-25-14-12-11-13-15-25)16-17-36(30,8)33(47-24(5)41)31(45-22(3)39)29(20)35(37,6)7/h11-15,26,28,30-33,44H,2,16-19H2,1,3-10H3/t26?,28-,30-,31+,32-,33-,36+,37+/m0/s1. The second kappa shape index (κ2) is 13.6. The Bertz CT molecular complexity index is 1510. The average Bonchev–Trinajstić information content (AvgIpc) is 2.97. The van der Waals surface area contributed by atoms with E-state index in [4.69, 9.17) is 18.9 Å². The molecule has 0 aromatic heterocycles. The van der Waals surface area contributed by atoms with E-state index in [1.165, 1.54) is 20.8 Å². The number of aliphatic hydroxyl groups is 1. The zero-order valence-corrected chi connectivity index (χ0v) is 29.5. The van der Waals surface area contributed by atoms with Gasteiger partial charge < -0.3 is 24.1 Å². The first-order valence-corrected chi connectivity index (χ1v) is 16.3. The van der Waals surface area contributed by atoms with Crippen molar-refractivity contribution < 1.29 is 48.0 Å². The van der Waals surface area contributed by atoms with Gasteiger partial charge in [-0.25, -0.2) is 0 Å². The third kappa shape index (κ3) is 6.59. The number of carbonyl (C=O) groups excluding carboxylic acids is 5. The van der Waals surface area contributed by atoms with Gasteiger partial charge in [-0.2, -0.15) is 0 Å². The molecule has 11 heteroatoms. The first-order valence-electron chi connectivity index (χ1n) is 16.3. The molecular formula is C37H49NO10. The molecule has 2 saturated carbocycles. The zero-order valence-electron chi connectivity index (χ0n) is 29.5. The van der Waals surface area contributed by atoms with E-state index in [-0.39, 0.29) is 24.0 Å². The number of esters is 4. The predicted molar refractivity (Wildman–Crippen MR) is 175 cm³/mol. The number of hydrogen-bond acceptors (Lipinski definition) is 11. The van der Waals surface area contributed by atoms with E-state index < -0.39 is 88.9 Å². The summed E-state index contributed by atoms with van der Waals surface area (Å²) in [6.07, 6.45) is -4.25. The molecular weight excluding hydrogens is 618 g/mol. The minimum atomic E-state index is -2.02.